The molecule has 1 aliphatic heterocycles. The van der Waals surface area contributed by atoms with E-state index in [0.29, 0.717) is 18.2 Å². The summed E-state index contributed by atoms with van der Waals surface area (Å²) in [6.07, 6.45) is 0.948. The Balaban J connectivity index is 2.18. The Labute approximate surface area is 115 Å². The number of hydrogen-bond acceptors (Lipinski definition) is 5. The number of carboxylic acids is 1. The van der Waals surface area contributed by atoms with E-state index in [2.05, 4.69) is 5.32 Å². The normalized spacial score (nSPS) is 19.6. The fourth-order valence-electron chi connectivity index (χ4n) is 2.28. The van der Waals surface area contributed by atoms with Crippen LogP contribution in [-0.2, 0) is 4.74 Å². The molecule has 0 saturated carbocycles. The summed E-state index contributed by atoms with van der Waals surface area (Å²) in [6.45, 7) is 3.38. The van der Waals surface area contributed by atoms with Crippen LogP contribution in [0, 0.1) is 16.0 Å². The van der Waals surface area contributed by atoms with Gasteiger partial charge in [-0.05, 0) is 25.5 Å². The van der Waals surface area contributed by atoms with E-state index in [0.717, 1.165) is 13.0 Å². The van der Waals surface area contributed by atoms with E-state index in [1.807, 2.05) is 6.92 Å². The fraction of sp³-hybridized carbons (Fsp3) is 0.462. The lowest BCUT2D eigenvalue weighted by molar-refractivity contribution is -0.385. The van der Waals surface area contributed by atoms with E-state index >= 15 is 0 Å². The van der Waals surface area contributed by atoms with Gasteiger partial charge < -0.3 is 15.2 Å². The molecule has 2 atom stereocenters. The molecular formula is C13H16N2O5. The van der Waals surface area contributed by atoms with Crippen molar-refractivity contribution in [3.05, 3.63) is 33.9 Å². The SMILES string of the molecule is CC(Nc1ccc(C(=O)O)c([N+](=O)[O-])c1)C1CCOC1. The van der Waals surface area contributed by atoms with Gasteiger partial charge in [-0.1, -0.05) is 0 Å². The van der Waals surface area contributed by atoms with Crippen LogP contribution in [0.15, 0.2) is 18.2 Å². The average molecular weight is 280 g/mol. The second kappa shape index (κ2) is 5.87. The number of nitrogens with one attached hydrogen (secondary N) is 1. The highest BCUT2D eigenvalue weighted by molar-refractivity contribution is 5.93. The molecule has 1 aromatic carbocycles. The van der Waals surface area contributed by atoms with Gasteiger partial charge >= 0.3 is 5.97 Å². The Morgan fingerprint density at radius 3 is 2.90 bits per heavy atom. The first-order chi connectivity index (χ1) is 9.49. The van der Waals surface area contributed by atoms with Crippen LogP contribution in [0.5, 0.6) is 0 Å². The minimum atomic E-state index is -1.31. The minimum Gasteiger partial charge on any atom is -0.477 e. The smallest absolute Gasteiger partial charge is 0.342 e. The third-order valence-corrected chi connectivity index (χ3v) is 3.49. The van der Waals surface area contributed by atoms with Gasteiger partial charge in [-0.2, -0.15) is 0 Å². The number of rotatable bonds is 5. The molecule has 0 aliphatic carbocycles. The predicted molar refractivity (Wildman–Crippen MR) is 72.1 cm³/mol. The summed E-state index contributed by atoms with van der Waals surface area (Å²) in [4.78, 5) is 21.2. The van der Waals surface area contributed by atoms with Crippen molar-refractivity contribution in [3.8, 4) is 0 Å². The minimum absolute atomic E-state index is 0.104. The fourth-order valence-corrected chi connectivity index (χ4v) is 2.28. The van der Waals surface area contributed by atoms with Crippen LogP contribution >= 0.6 is 0 Å². The molecule has 1 fully saturated rings. The van der Waals surface area contributed by atoms with Crippen molar-refractivity contribution < 1.29 is 19.6 Å². The second-order valence-corrected chi connectivity index (χ2v) is 4.85. The molecule has 20 heavy (non-hydrogen) atoms. The Bertz CT molecular complexity index is 525. The lowest BCUT2D eigenvalue weighted by Gasteiger charge is -2.20. The van der Waals surface area contributed by atoms with Crippen LogP contribution in [0.25, 0.3) is 0 Å². The van der Waals surface area contributed by atoms with Gasteiger partial charge in [0.15, 0.2) is 0 Å². The first-order valence-electron chi connectivity index (χ1n) is 6.35. The van der Waals surface area contributed by atoms with Crippen LogP contribution in [0.1, 0.15) is 23.7 Å². The number of benzene rings is 1. The second-order valence-electron chi connectivity index (χ2n) is 4.85. The Hall–Kier alpha value is -2.15. The Morgan fingerprint density at radius 1 is 1.60 bits per heavy atom. The first-order valence-corrected chi connectivity index (χ1v) is 6.35. The molecule has 1 heterocycles. The van der Waals surface area contributed by atoms with Crippen molar-refractivity contribution in [3.63, 3.8) is 0 Å². The Kier molecular flexibility index (Phi) is 4.19. The molecule has 108 valence electrons. The topological polar surface area (TPSA) is 102 Å². The van der Waals surface area contributed by atoms with E-state index in [4.69, 9.17) is 9.84 Å². The van der Waals surface area contributed by atoms with E-state index in [1.54, 1.807) is 6.07 Å². The number of carbonyl (C=O) groups is 1. The van der Waals surface area contributed by atoms with Crippen molar-refractivity contribution >= 4 is 17.3 Å². The zero-order chi connectivity index (χ0) is 14.7. The molecule has 0 amide bonds. The maximum Gasteiger partial charge on any atom is 0.342 e. The number of carboxylic acid groups (broad SMARTS) is 1. The summed E-state index contributed by atoms with van der Waals surface area (Å²) >= 11 is 0. The average Bonchev–Trinajstić information content (AvgIpc) is 2.92. The maximum absolute atomic E-state index is 10.9. The lowest BCUT2D eigenvalue weighted by atomic mass is 10.0. The van der Waals surface area contributed by atoms with Gasteiger partial charge in [-0.15, -0.1) is 0 Å². The van der Waals surface area contributed by atoms with Gasteiger partial charge in [0.25, 0.3) is 5.69 Å². The highest BCUT2D eigenvalue weighted by Gasteiger charge is 2.24. The van der Waals surface area contributed by atoms with Crippen LogP contribution in [-0.4, -0.2) is 35.3 Å². The molecule has 0 spiro atoms. The predicted octanol–water partition coefficient (Wildman–Crippen LogP) is 2.13. The zero-order valence-electron chi connectivity index (χ0n) is 11.0. The highest BCUT2D eigenvalue weighted by atomic mass is 16.6. The summed E-state index contributed by atoms with van der Waals surface area (Å²) in [5.41, 5.74) is -0.170. The van der Waals surface area contributed by atoms with Crippen LogP contribution in [0.3, 0.4) is 0 Å². The molecule has 2 unspecified atom stereocenters. The number of ether oxygens (including phenoxy) is 1. The molecule has 1 aromatic rings. The first kappa shape index (κ1) is 14.3. The molecule has 0 bridgehead atoms. The molecule has 0 radical (unpaired) electrons. The van der Waals surface area contributed by atoms with Gasteiger partial charge in [0, 0.05) is 30.3 Å². The zero-order valence-corrected chi connectivity index (χ0v) is 11.0. The van der Waals surface area contributed by atoms with Gasteiger partial charge in [0.1, 0.15) is 5.56 Å². The lowest BCUT2D eigenvalue weighted by Crippen LogP contribution is -2.26. The summed E-state index contributed by atoms with van der Waals surface area (Å²) in [5.74, 6) is -0.950. The van der Waals surface area contributed by atoms with Crippen molar-refractivity contribution in [1.82, 2.24) is 0 Å². The van der Waals surface area contributed by atoms with Crippen LogP contribution in [0.2, 0.25) is 0 Å². The number of nitro benzene ring substituents is 1. The van der Waals surface area contributed by atoms with Crippen molar-refractivity contribution in [2.24, 2.45) is 5.92 Å². The monoisotopic (exact) mass is 280 g/mol. The summed E-state index contributed by atoms with van der Waals surface area (Å²) < 4.78 is 5.30. The van der Waals surface area contributed by atoms with Crippen molar-refractivity contribution in [1.29, 1.82) is 0 Å². The van der Waals surface area contributed by atoms with Gasteiger partial charge in [-0.25, -0.2) is 4.79 Å². The van der Waals surface area contributed by atoms with Crippen LogP contribution in [0.4, 0.5) is 11.4 Å². The number of nitrogens with zero attached hydrogens (tertiary/aromatic N) is 1. The molecular weight excluding hydrogens is 264 g/mol. The molecule has 7 nitrogen and oxygen atoms in total. The van der Waals surface area contributed by atoms with Gasteiger partial charge in [-0.3, -0.25) is 10.1 Å². The van der Waals surface area contributed by atoms with E-state index in [1.165, 1.54) is 12.1 Å². The summed E-state index contributed by atoms with van der Waals surface area (Å²) in [7, 11) is 0. The third-order valence-electron chi connectivity index (χ3n) is 3.49. The molecule has 1 saturated heterocycles. The number of aromatic carboxylic acids is 1. The molecule has 7 heteroatoms. The third kappa shape index (κ3) is 3.05. The molecule has 1 aliphatic rings. The van der Waals surface area contributed by atoms with Crippen molar-refractivity contribution in [2.45, 2.75) is 19.4 Å². The van der Waals surface area contributed by atoms with E-state index in [-0.39, 0.29) is 11.6 Å². The molecule has 2 rings (SSSR count). The maximum atomic E-state index is 10.9. The number of anilines is 1. The van der Waals surface area contributed by atoms with Crippen LogP contribution < -0.4 is 5.32 Å². The van der Waals surface area contributed by atoms with E-state index < -0.39 is 16.6 Å². The molecule has 2 N–H and O–H groups in total. The molecule has 0 aromatic heterocycles. The quantitative estimate of drug-likeness (QED) is 0.632. The summed E-state index contributed by atoms with van der Waals surface area (Å²) in [6, 6.07) is 4.16. The largest absolute Gasteiger partial charge is 0.477 e. The number of nitro groups is 1. The standard InChI is InChI=1S/C13H16N2O5/c1-8(9-4-5-20-7-9)14-10-2-3-11(13(16)17)12(6-10)15(18)19/h2-3,6,8-9,14H,4-5,7H2,1H3,(H,16,17). The highest BCUT2D eigenvalue weighted by Crippen LogP contribution is 2.26. The van der Waals surface area contributed by atoms with Gasteiger partial charge in [0.2, 0.25) is 0 Å². The van der Waals surface area contributed by atoms with Gasteiger partial charge in [0.05, 0.1) is 11.5 Å². The van der Waals surface area contributed by atoms with E-state index in [9.17, 15) is 14.9 Å². The Morgan fingerprint density at radius 2 is 2.35 bits per heavy atom. The van der Waals surface area contributed by atoms with Crippen molar-refractivity contribution in [2.75, 3.05) is 18.5 Å². The summed E-state index contributed by atoms with van der Waals surface area (Å²) in [5, 5.41) is 23.0. The number of hydrogen-bond donors (Lipinski definition) is 2.